The molecule has 2 aromatic carbocycles. The zero-order valence-electron chi connectivity index (χ0n) is 15.7. The summed E-state index contributed by atoms with van der Waals surface area (Å²) >= 11 is 0. The van der Waals surface area contributed by atoms with Crippen molar-refractivity contribution in [3.63, 3.8) is 0 Å². The van der Waals surface area contributed by atoms with Gasteiger partial charge in [0, 0.05) is 31.9 Å². The molecular weight excluding hydrogens is 338 g/mol. The molecule has 0 aromatic heterocycles. The van der Waals surface area contributed by atoms with Crippen LogP contribution in [-0.4, -0.2) is 48.9 Å². The van der Waals surface area contributed by atoms with Gasteiger partial charge in [0.25, 0.3) is 5.91 Å². The maximum absolute atomic E-state index is 13.0. The molecule has 2 aliphatic rings. The Morgan fingerprint density at radius 2 is 1.52 bits per heavy atom. The lowest BCUT2D eigenvalue weighted by Crippen LogP contribution is -2.52. The number of aryl methyl sites for hydroxylation is 1. The first-order chi connectivity index (χ1) is 13.2. The maximum atomic E-state index is 13.0. The Kier molecular flexibility index (Phi) is 4.94. The smallest absolute Gasteiger partial charge is 0.251 e. The third kappa shape index (κ3) is 3.47. The minimum Gasteiger partial charge on any atom is -0.369 e. The summed E-state index contributed by atoms with van der Waals surface area (Å²) in [4.78, 5) is 31.4. The van der Waals surface area contributed by atoms with Crippen LogP contribution in [0.25, 0.3) is 0 Å². The molecule has 0 saturated carbocycles. The van der Waals surface area contributed by atoms with Crippen LogP contribution in [0.15, 0.2) is 54.6 Å². The van der Waals surface area contributed by atoms with Crippen molar-refractivity contribution in [2.45, 2.75) is 25.8 Å². The van der Waals surface area contributed by atoms with E-state index in [1.807, 2.05) is 42.5 Å². The summed E-state index contributed by atoms with van der Waals surface area (Å²) in [5, 5.41) is 0. The van der Waals surface area contributed by atoms with Gasteiger partial charge < -0.3 is 4.90 Å². The van der Waals surface area contributed by atoms with Gasteiger partial charge >= 0.3 is 0 Å². The van der Waals surface area contributed by atoms with E-state index in [2.05, 4.69) is 28.9 Å². The quantitative estimate of drug-likeness (QED) is 0.784. The number of benzene rings is 2. The van der Waals surface area contributed by atoms with Crippen LogP contribution in [0.3, 0.4) is 0 Å². The minimum atomic E-state index is -0.332. The van der Waals surface area contributed by atoms with Crippen molar-refractivity contribution in [2.24, 2.45) is 0 Å². The lowest BCUT2D eigenvalue weighted by atomic mass is 10.1. The molecule has 2 aromatic rings. The Balaban J connectivity index is 1.43. The van der Waals surface area contributed by atoms with Crippen molar-refractivity contribution in [2.75, 3.05) is 36.0 Å². The summed E-state index contributed by atoms with van der Waals surface area (Å²) in [5.41, 5.74) is 3.10. The third-order valence-electron chi connectivity index (χ3n) is 5.60. The highest BCUT2D eigenvalue weighted by Gasteiger charge is 2.43. The van der Waals surface area contributed by atoms with Crippen molar-refractivity contribution < 1.29 is 9.59 Å². The summed E-state index contributed by atoms with van der Waals surface area (Å²) in [6.45, 7) is 5.41. The van der Waals surface area contributed by atoms with Gasteiger partial charge in [0.2, 0.25) is 5.91 Å². The van der Waals surface area contributed by atoms with Gasteiger partial charge in [0.05, 0.1) is 18.2 Å². The monoisotopic (exact) mass is 363 g/mol. The molecule has 5 heteroatoms. The molecule has 1 atom stereocenters. The molecule has 1 unspecified atom stereocenters. The molecule has 2 aliphatic heterocycles. The number of imide groups is 1. The van der Waals surface area contributed by atoms with Crippen molar-refractivity contribution in [1.82, 2.24) is 4.90 Å². The van der Waals surface area contributed by atoms with Crippen LogP contribution in [0.5, 0.6) is 0 Å². The summed E-state index contributed by atoms with van der Waals surface area (Å²) in [6, 6.07) is 17.7. The van der Waals surface area contributed by atoms with E-state index < -0.39 is 0 Å². The standard InChI is InChI=1S/C22H25N3O2/c1-2-17-8-10-19(11-9-17)25-21(26)16-20(22(25)27)24-14-12-23(13-15-24)18-6-4-3-5-7-18/h3-11,20H,2,12-16H2,1H3. The number of nitrogens with zero attached hydrogens (tertiary/aromatic N) is 3. The number of carbonyl (C=O) groups is 2. The molecule has 0 aliphatic carbocycles. The largest absolute Gasteiger partial charge is 0.369 e. The van der Waals surface area contributed by atoms with Crippen LogP contribution in [0, 0.1) is 0 Å². The van der Waals surface area contributed by atoms with Crippen molar-refractivity contribution in [1.29, 1.82) is 0 Å². The van der Waals surface area contributed by atoms with Crippen molar-refractivity contribution >= 4 is 23.2 Å². The molecule has 0 spiro atoms. The first-order valence-corrected chi connectivity index (χ1v) is 9.67. The number of piperazine rings is 1. The molecule has 4 rings (SSSR count). The highest BCUT2D eigenvalue weighted by atomic mass is 16.2. The van der Waals surface area contributed by atoms with E-state index in [1.165, 1.54) is 16.2 Å². The summed E-state index contributed by atoms with van der Waals surface area (Å²) in [6.07, 6.45) is 1.22. The van der Waals surface area contributed by atoms with Crippen molar-refractivity contribution in [3.8, 4) is 0 Å². The molecule has 5 nitrogen and oxygen atoms in total. The van der Waals surface area contributed by atoms with Crippen LogP contribution < -0.4 is 9.80 Å². The number of rotatable bonds is 4. The number of anilines is 2. The normalized spacial score (nSPS) is 21.1. The van der Waals surface area contributed by atoms with Gasteiger partial charge in [-0.3, -0.25) is 14.5 Å². The first-order valence-electron chi connectivity index (χ1n) is 9.67. The van der Waals surface area contributed by atoms with E-state index in [-0.39, 0.29) is 24.3 Å². The second kappa shape index (κ2) is 7.53. The van der Waals surface area contributed by atoms with E-state index >= 15 is 0 Å². The molecule has 2 fully saturated rings. The van der Waals surface area contributed by atoms with Crippen molar-refractivity contribution in [3.05, 3.63) is 60.2 Å². The topological polar surface area (TPSA) is 43.9 Å². The average molecular weight is 363 g/mol. The van der Waals surface area contributed by atoms with E-state index in [4.69, 9.17) is 0 Å². The fraction of sp³-hybridized carbons (Fsp3) is 0.364. The molecule has 27 heavy (non-hydrogen) atoms. The van der Waals surface area contributed by atoms with E-state index in [1.54, 1.807) is 0 Å². The summed E-state index contributed by atoms with van der Waals surface area (Å²) < 4.78 is 0. The fourth-order valence-corrected chi connectivity index (χ4v) is 3.98. The highest BCUT2D eigenvalue weighted by Crippen LogP contribution is 2.27. The zero-order valence-corrected chi connectivity index (χ0v) is 15.7. The van der Waals surface area contributed by atoms with E-state index in [0.717, 1.165) is 32.6 Å². The SMILES string of the molecule is CCc1ccc(N2C(=O)CC(N3CCN(c4ccccc4)CC3)C2=O)cc1. The molecule has 0 bridgehead atoms. The van der Waals surface area contributed by atoms with Gasteiger partial charge in [-0.1, -0.05) is 37.3 Å². The van der Waals surface area contributed by atoms with Gasteiger partial charge in [-0.2, -0.15) is 0 Å². The van der Waals surface area contributed by atoms with Gasteiger partial charge in [-0.05, 0) is 36.2 Å². The number of hydrogen-bond donors (Lipinski definition) is 0. The second-order valence-corrected chi connectivity index (χ2v) is 7.17. The molecule has 0 N–H and O–H groups in total. The Labute approximate surface area is 160 Å². The maximum Gasteiger partial charge on any atom is 0.251 e. The third-order valence-corrected chi connectivity index (χ3v) is 5.60. The number of amides is 2. The van der Waals surface area contributed by atoms with Gasteiger partial charge in [0.1, 0.15) is 0 Å². The second-order valence-electron chi connectivity index (χ2n) is 7.17. The predicted molar refractivity (Wildman–Crippen MR) is 107 cm³/mol. The first kappa shape index (κ1) is 17.7. The lowest BCUT2D eigenvalue weighted by Gasteiger charge is -2.38. The predicted octanol–water partition coefficient (Wildman–Crippen LogP) is 2.70. The number of hydrogen-bond acceptors (Lipinski definition) is 4. The zero-order chi connectivity index (χ0) is 18.8. The Morgan fingerprint density at radius 1 is 0.852 bits per heavy atom. The summed E-state index contributed by atoms with van der Waals surface area (Å²) in [5.74, 6) is -0.183. The Bertz CT molecular complexity index is 811. The van der Waals surface area contributed by atoms with Crippen LogP contribution in [0.2, 0.25) is 0 Å². The minimum absolute atomic E-state index is 0.0857. The van der Waals surface area contributed by atoms with Crippen LogP contribution in [0.1, 0.15) is 18.9 Å². The molecular formula is C22H25N3O2. The Morgan fingerprint density at radius 3 is 2.15 bits per heavy atom. The molecule has 2 amide bonds. The molecule has 2 saturated heterocycles. The molecule has 140 valence electrons. The van der Waals surface area contributed by atoms with Gasteiger partial charge in [0.15, 0.2) is 0 Å². The lowest BCUT2D eigenvalue weighted by molar-refractivity contribution is -0.123. The van der Waals surface area contributed by atoms with Crippen LogP contribution in [0.4, 0.5) is 11.4 Å². The highest BCUT2D eigenvalue weighted by molar-refractivity contribution is 6.22. The molecule has 0 radical (unpaired) electrons. The van der Waals surface area contributed by atoms with E-state index in [9.17, 15) is 9.59 Å². The fourth-order valence-electron chi connectivity index (χ4n) is 3.98. The van der Waals surface area contributed by atoms with Crippen LogP contribution >= 0.6 is 0 Å². The van der Waals surface area contributed by atoms with Gasteiger partial charge in [-0.25, -0.2) is 4.90 Å². The van der Waals surface area contributed by atoms with Gasteiger partial charge in [-0.15, -0.1) is 0 Å². The average Bonchev–Trinajstić information content (AvgIpc) is 3.03. The van der Waals surface area contributed by atoms with Crippen LogP contribution in [-0.2, 0) is 16.0 Å². The molecule has 2 heterocycles. The summed E-state index contributed by atoms with van der Waals surface area (Å²) in [7, 11) is 0. The Hall–Kier alpha value is -2.66. The number of para-hydroxylation sites is 1. The van der Waals surface area contributed by atoms with E-state index in [0.29, 0.717) is 5.69 Å². The number of carbonyl (C=O) groups excluding carboxylic acids is 2.